The third-order valence-corrected chi connectivity index (χ3v) is 0. The topological polar surface area (TPSA) is 80.9 Å². The van der Waals surface area contributed by atoms with E-state index in [-0.39, 0.29) is 38.4 Å². The minimum Gasteiger partial charge on any atom is -0.433 e. The van der Waals surface area contributed by atoms with Gasteiger partial charge < -0.3 is 19.8 Å². The maximum atomic E-state index is 8.66. The second-order valence-electron chi connectivity index (χ2n) is 6.53. The first-order valence-corrected chi connectivity index (χ1v) is 13.2. The average Bonchev–Trinajstić information content (AvgIpc) is 1.70. The molecule has 0 rings (SSSR count). The molecular formula is C12H36O4Si2Zr. The summed E-state index contributed by atoms with van der Waals surface area (Å²) in [5.74, 6) is 0. The van der Waals surface area contributed by atoms with Gasteiger partial charge in [-0.3, -0.25) is 0 Å². The first-order chi connectivity index (χ1) is 7.46. The number of aliphatic hydroxyl groups excluding tert-OH is 2. The van der Waals surface area contributed by atoms with Gasteiger partial charge in [0.15, 0.2) is 16.6 Å². The van der Waals surface area contributed by atoms with Crippen molar-refractivity contribution in [3.05, 3.63) is 0 Å². The third-order valence-electron chi connectivity index (χ3n) is 0. The van der Waals surface area contributed by atoms with Crippen LogP contribution in [-0.2, 0) is 26.2 Å². The molecule has 0 aliphatic heterocycles. The van der Waals surface area contributed by atoms with E-state index in [2.05, 4.69) is 0 Å². The maximum absolute atomic E-state index is 8.66. The molecule has 0 heterocycles. The predicted molar refractivity (Wildman–Crippen MR) is 85.8 cm³/mol. The molecule has 0 bridgehead atoms. The molecule has 4 nitrogen and oxygen atoms in total. The van der Waals surface area contributed by atoms with E-state index in [1.54, 1.807) is 27.7 Å². The average molecular weight is 392 g/mol. The Balaban J connectivity index is -0.0000000453. The summed E-state index contributed by atoms with van der Waals surface area (Å²) in [5, 5.41) is 16.1. The Bertz CT molecular complexity index is 119. The van der Waals surface area contributed by atoms with Crippen LogP contribution in [0.4, 0.5) is 0 Å². The first-order valence-electron chi connectivity index (χ1n) is 6.27. The molecule has 0 aromatic heterocycles. The molecule has 120 valence electrons. The third kappa shape index (κ3) is 4210. The minimum absolute atomic E-state index is 0. The monoisotopic (exact) mass is 390 g/mol. The Morgan fingerprint density at radius 3 is 0.579 bits per heavy atom. The quantitative estimate of drug-likeness (QED) is 0.478. The second kappa shape index (κ2) is 17.2. The second-order valence-corrected chi connectivity index (χ2v) is 15.2. The van der Waals surface area contributed by atoms with Gasteiger partial charge in [-0.05, 0) is 67.0 Å². The zero-order valence-electron chi connectivity index (χ0n) is 14.4. The van der Waals surface area contributed by atoms with E-state index in [1.807, 2.05) is 39.3 Å². The number of rotatable bonds is 0. The van der Waals surface area contributed by atoms with E-state index in [4.69, 9.17) is 19.8 Å². The Hall–Kier alpha value is 1.16. The summed E-state index contributed by atoms with van der Waals surface area (Å²) in [4.78, 5) is 17.3. The van der Waals surface area contributed by atoms with Crippen LogP contribution in [0.2, 0.25) is 39.3 Å². The standard InChI is InChI=1S/2C3H10OSi.2C3H8O.Zr/c2*1-5(2,3)4;2*1-3(2)4;/h2*4H,1-3H3;2*3-4H,1-2H3;. The molecule has 7 heteroatoms. The number of aliphatic hydroxyl groups is 2. The zero-order chi connectivity index (χ0) is 16.2. The van der Waals surface area contributed by atoms with Gasteiger partial charge in [0.1, 0.15) is 0 Å². The van der Waals surface area contributed by atoms with Gasteiger partial charge in [-0.1, -0.05) is 0 Å². The van der Waals surface area contributed by atoms with Gasteiger partial charge in [0, 0.05) is 38.4 Å². The fraction of sp³-hybridized carbons (Fsp3) is 1.00. The van der Waals surface area contributed by atoms with E-state index in [0.29, 0.717) is 0 Å². The van der Waals surface area contributed by atoms with Crippen LogP contribution >= 0.6 is 0 Å². The summed E-state index contributed by atoms with van der Waals surface area (Å²) in [6.45, 7) is 18.2. The van der Waals surface area contributed by atoms with Crippen LogP contribution in [0.1, 0.15) is 27.7 Å². The van der Waals surface area contributed by atoms with Crippen molar-refractivity contribution < 1.29 is 46.0 Å². The van der Waals surface area contributed by atoms with E-state index >= 15 is 0 Å². The number of hydrogen-bond donors (Lipinski definition) is 4. The van der Waals surface area contributed by atoms with Crippen molar-refractivity contribution >= 4 is 16.6 Å². The van der Waals surface area contributed by atoms with Gasteiger partial charge in [0.25, 0.3) is 0 Å². The molecular weight excluding hydrogens is 356 g/mol. The molecule has 0 unspecified atom stereocenters. The zero-order valence-corrected chi connectivity index (χ0v) is 18.9. The Labute approximate surface area is 141 Å². The fourth-order valence-electron chi connectivity index (χ4n) is 0. The summed E-state index contributed by atoms with van der Waals surface area (Å²) >= 11 is 0. The van der Waals surface area contributed by atoms with Gasteiger partial charge >= 0.3 is 0 Å². The van der Waals surface area contributed by atoms with Crippen molar-refractivity contribution in [1.29, 1.82) is 0 Å². The van der Waals surface area contributed by atoms with Crippen LogP contribution in [0.5, 0.6) is 0 Å². The Morgan fingerprint density at radius 1 is 0.579 bits per heavy atom. The molecule has 0 saturated carbocycles. The predicted octanol–water partition coefficient (Wildman–Crippen LogP) is 2.40. The summed E-state index contributed by atoms with van der Waals surface area (Å²) in [5.41, 5.74) is 0. The van der Waals surface area contributed by atoms with Crippen LogP contribution < -0.4 is 0 Å². The molecule has 0 radical (unpaired) electrons. The summed E-state index contributed by atoms with van der Waals surface area (Å²) in [6.07, 6.45) is -0.333. The van der Waals surface area contributed by atoms with Crippen LogP contribution in [0.25, 0.3) is 0 Å². The van der Waals surface area contributed by atoms with Crippen molar-refractivity contribution in [2.24, 2.45) is 0 Å². The minimum atomic E-state index is -1.61. The van der Waals surface area contributed by atoms with Crippen molar-refractivity contribution in [2.45, 2.75) is 79.2 Å². The van der Waals surface area contributed by atoms with E-state index in [0.717, 1.165) is 0 Å². The summed E-state index contributed by atoms with van der Waals surface area (Å²) < 4.78 is 0. The Morgan fingerprint density at radius 2 is 0.579 bits per heavy atom. The van der Waals surface area contributed by atoms with Gasteiger partial charge in [0.05, 0.1) is 0 Å². The van der Waals surface area contributed by atoms with E-state index in [1.165, 1.54) is 0 Å². The van der Waals surface area contributed by atoms with Crippen molar-refractivity contribution in [3.8, 4) is 0 Å². The van der Waals surface area contributed by atoms with Gasteiger partial charge in [0.2, 0.25) is 0 Å². The van der Waals surface area contributed by atoms with Gasteiger partial charge in [-0.15, -0.1) is 0 Å². The van der Waals surface area contributed by atoms with E-state index < -0.39 is 16.6 Å². The molecule has 0 aliphatic carbocycles. The molecule has 0 saturated heterocycles. The smallest absolute Gasteiger partial charge is 0.179 e. The molecule has 4 N–H and O–H groups in total. The van der Waals surface area contributed by atoms with Crippen molar-refractivity contribution in [1.82, 2.24) is 0 Å². The SMILES string of the molecule is CC(C)O.CC(C)O.C[Si](C)(C)O.C[Si](C)(C)O.[Zr]. The summed E-state index contributed by atoms with van der Waals surface area (Å²) in [6, 6.07) is 0. The first kappa shape index (κ1) is 32.2. The van der Waals surface area contributed by atoms with Gasteiger partial charge in [-0.2, -0.15) is 0 Å². The number of hydrogen-bond acceptors (Lipinski definition) is 4. The molecule has 0 fully saturated rings. The molecule has 0 spiro atoms. The van der Waals surface area contributed by atoms with Gasteiger partial charge in [-0.25, -0.2) is 0 Å². The van der Waals surface area contributed by atoms with E-state index in [9.17, 15) is 0 Å². The molecule has 0 aromatic carbocycles. The van der Waals surface area contributed by atoms with Crippen LogP contribution in [0.15, 0.2) is 0 Å². The Kier molecular flexibility index (Phi) is 29.2. The largest absolute Gasteiger partial charge is 0.433 e. The molecule has 0 aliphatic rings. The van der Waals surface area contributed by atoms with Crippen LogP contribution in [-0.4, -0.2) is 48.6 Å². The van der Waals surface area contributed by atoms with Crippen LogP contribution in [0, 0.1) is 0 Å². The van der Waals surface area contributed by atoms with Crippen molar-refractivity contribution in [3.63, 3.8) is 0 Å². The maximum Gasteiger partial charge on any atom is 0.179 e. The van der Waals surface area contributed by atoms with Crippen molar-refractivity contribution in [2.75, 3.05) is 0 Å². The fourth-order valence-corrected chi connectivity index (χ4v) is 0. The normalized spacial score (nSPS) is 10.1. The summed E-state index contributed by atoms with van der Waals surface area (Å²) in [7, 11) is -3.22. The molecule has 0 atom stereocenters. The van der Waals surface area contributed by atoms with Crippen LogP contribution in [0.3, 0.4) is 0 Å². The molecule has 19 heavy (non-hydrogen) atoms. The molecule has 0 aromatic rings. The molecule has 0 amide bonds.